The van der Waals surface area contributed by atoms with Crippen molar-refractivity contribution in [3.63, 3.8) is 0 Å². The third kappa shape index (κ3) is 4.62. The number of aliphatic imine (C=N–C) groups is 1. The van der Waals surface area contributed by atoms with Crippen LogP contribution in [0.15, 0.2) is 53.9 Å². The minimum atomic E-state index is -1.05. The SMILES string of the molecule is CCNC(=NCc1cccc2cccnc12)NCC(C)(O)c1cnn(C)c1. The highest BCUT2D eigenvalue weighted by molar-refractivity contribution is 5.83. The number of rotatable bonds is 6. The van der Waals surface area contributed by atoms with Crippen molar-refractivity contribution in [2.24, 2.45) is 12.0 Å². The van der Waals surface area contributed by atoms with Crippen LogP contribution in [-0.4, -0.2) is 38.9 Å². The molecule has 0 saturated heterocycles. The smallest absolute Gasteiger partial charge is 0.191 e. The Kier molecular flexibility index (Phi) is 5.71. The summed E-state index contributed by atoms with van der Waals surface area (Å²) in [6.07, 6.45) is 5.28. The van der Waals surface area contributed by atoms with Crippen LogP contribution in [0, 0.1) is 0 Å². The minimum Gasteiger partial charge on any atom is -0.383 e. The third-order valence-electron chi connectivity index (χ3n) is 4.39. The fraction of sp³-hybridized carbons (Fsp3) is 0.350. The largest absolute Gasteiger partial charge is 0.383 e. The predicted molar refractivity (Wildman–Crippen MR) is 107 cm³/mol. The zero-order valence-corrected chi connectivity index (χ0v) is 16.0. The summed E-state index contributed by atoms with van der Waals surface area (Å²) in [5.41, 5.74) is 1.73. The molecule has 0 fully saturated rings. The van der Waals surface area contributed by atoms with Crippen molar-refractivity contribution in [3.05, 3.63) is 60.0 Å². The molecule has 1 unspecified atom stereocenters. The van der Waals surface area contributed by atoms with Crippen molar-refractivity contribution in [3.8, 4) is 0 Å². The van der Waals surface area contributed by atoms with Gasteiger partial charge >= 0.3 is 0 Å². The Hall–Kier alpha value is -2.93. The monoisotopic (exact) mass is 366 g/mol. The van der Waals surface area contributed by atoms with E-state index in [1.54, 1.807) is 24.0 Å². The molecule has 7 heteroatoms. The summed E-state index contributed by atoms with van der Waals surface area (Å²) >= 11 is 0. The number of hydrogen-bond acceptors (Lipinski definition) is 4. The molecular weight excluding hydrogens is 340 g/mol. The number of hydrogen-bond donors (Lipinski definition) is 3. The molecule has 1 aromatic carbocycles. The fourth-order valence-corrected chi connectivity index (χ4v) is 2.86. The van der Waals surface area contributed by atoms with Crippen LogP contribution in [0.3, 0.4) is 0 Å². The van der Waals surface area contributed by atoms with E-state index in [4.69, 9.17) is 0 Å². The van der Waals surface area contributed by atoms with E-state index in [9.17, 15) is 5.11 Å². The number of para-hydroxylation sites is 1. The molecule has 0 saturated carbocycles. The van der Waals surface area contributed by atoms with Crippen LogP contribution in [-0.2, 0) is 19.2 Å². The van der Waals surface area contributed by atoms with Gasteiger partial charge in [-0.2, -0.15) is 5.10 Å². The molecule has 0 radical (unpaired) electrons. The molecular formula is C20H26N6O. The average molecular weight is 366 g/mol. The van der Waals surface area contributed by atoms with Gasteiger partial charge in [-0.25, -0.2) is 4.99 Å². The molecule has 2 heterocycles. The van der Waals surface area contributed by atoms with Crippen LogP contribution < -0.4 is 10.6 Å². The number of aryl methyl sites for hydroxylation is 1. The summed E-state index contributed by atoms with van der Waals surface area (Å²) in [5, 5.41) is 22.4. The Morgan fingerprint density at radius 3 is 2.81 bits per heavy atom. The maximum absolute atomic E-state index is 10.7. The quantitative estimate of drug-likeness (QED) is 0.458. The Bertz CT molecular complexity index is 926. The molecule has 0 aliphatic rings. The molecule has 0 amide bonds. The van der Waals surface area contributed by atoms with E-state index in [2.05, 4.69) is 25.7 Å². The van der Waals surface area contributed by atoms with Gasteiger partial charge in [-0.05, 0) is 25.5 Å². The van der Waals surface area contributed by atoms with Gasteiger partial charge < -0.3 is 15.7 Å². The summed E-state index contributed by atoms with van der Waals surface area (Å²) < 4.78 is 1.68. The summed E-state index contributed by atoms with van der Waals surface area (Å²) in [6.45, 7) is 5.32. The summed E-state index contributed by atoms with van der Waals surface area (Å²) in [5.74, 6) is 0.648. The van der Waals surface area contributed by atoms with E-state index in [-0.39, 0.29) is 0 Å². The number of benzene rings is 1. The lowest BCUT2D eigenvalue weighted by Crippen LogP contribution is -2.44. The molecule has 27 heavy (non-hydrogen) atoms. The van der Waals surface area contributed by atoms with Crippen molar-refractivity contribution >= 4 is 16.9 Å². The first-order valence-corrected chi connectivity index (χ1v) is 9.06. The highest BCUT2D eigenvalue weighted by Crippen LogP contribution is 2.19. The van der Waals surface area contributed by atoms with Crippen molar-refractivity contribution in [1.29, 1.82) is 0 Å². The van der Waals surface area contributed by atoms with E-state index in [1.165, 1.54) is 0 Å². The molecule has 0 spiro atoms. The van der Waals surface area contributed by atoms with E-state index in [0.29, 0.717) is 19.0 Å². The predicted octanol–water partition coefficient (Wildman–Crippen LogP) is 1.93. The van der Waals surface area contributed by atoms with Crippen LogP contribution in [0.2, 0.25) is 0 Å². The fourth-order valence-electron chi connectivity index (χ4n) is 2.86. The number of nitrogens with one attached hydrogen (secondary N) is 2. The lowest BCUT2D eigenvalue weighted by atomic mass is 10.00. The van der Waals surface area contributed by atoms with Crippen molar-refractivity contribution in [2.75, 3.05) is 13.1 Å². The molecule has 0 aliphatic heterocycles. The third-order valence-corrected chi connectivity index (χ3v) is 4.39. The van der Waals surface area contributed by atoms with Gasteiger partial charge in [-0.15, -0.1) is 0 Å². The second kappa shape index (κ2) is 8.18. The number of pyridine rings is 1. The number of nitrogens with zero attached hydrogens (tertiary/aromatic N) is 4. The normalized spacial score (nSPS) is 14.1. The van der Waals surface area contributed by atoms with Gasteiger partial charge in [0.05, 0.1) is 24.8 Å². The Labute approximate surface area is 159 Å². The number of guanidine groups is 1. The molecule has 0 bridgehead atoms. The van der Waals surface area contributed by atoms with Crippen LogP contribution in [0.5, 0.6) is 0 Å². The minimum absolute atomic E-state index is 0.318. The second-order valence-corrected chi connectivity index (χ2v) is 6.72. The standard InChI is InChI=1S/C20H26N6O/c1-4-21-19(24-14-20(2,27)17-12-25-26(3)13-17)23-11-16-8-5-7-15-9-6-10-22-18(15)16/h5-10,12-13,27H,4,11,14H2,1-3H3,(H2,21,23,24). The maximum atomic E-state index is 10.7. The number of fused-ring (bicyclic) bond motifs is 1. The Morgan fingerprint density at radius 2 is 2.07 bits per heavy atom. The van der Waals surface area contributed by atoms with Crippen LogP contribution in [0.25, 0.3) is 10.9 Å². The molecule has 3 aromatic rings. The van der Waals surface area contributed by atoms with E-state index >= 15 is 0 Å². The van der Waals surface area contributed by atoms with Gasteiger partial charge in [-0.3, -0.25) is 9.67 Å². The molecule has 7 nitrogen and oxygen atoms in total. The number of aromatic nitrogens is 3. The lowest BCUT2D eigenvalue weighted by molar-refractivity contribution is 0.0616. The van der Waals surface area contributed by atoms with E-state index in [0.717, 1.165) is 28.6 Å². The maximum Gasteiger partial charge on any atom is 0.191 e. The Balaban J connectivity index is 1.73. The van der Waals surface area contributed by atoms with Gasteiger partial charge in [0.2, 0.25) is 0 Å². The van der Waals surface area contributed by atoms with Gasteiger partial charge in [0, 0.05) is 36.9 Å². The number of aliphatic hydroxyl groups is 1. The van der Waals surface area contributed by atoms with Gasteiger partial charge in [0.1, 0.15) is 5.60 Å². The second-order valence-electron chi connectivity index (χ2n) is 6.72. The molecule has 2 aromatic heterocycles. The average Bonchev–Trinajstić information content (AvgIpc) is 3.11. The molecule has 142 valence electrons. The molecule has 1 atom stereocenters. The molecule has 3 rings (SSSR count). The van der Waals surface area contributed by atoms with Crippen LogP contribution in [0.1, 0.15) is 25.0 Å². The highest BCUT2D eigenvalue weighted by atomic mass is 16.3. The Morgan fingerprint density at radius 1 is 1.26 bits per heavy atom. The van der Waals surface area contributed by atoms with Gasteiger partial charge in [0.25, 0.3) is 0 Å². The zero-order chi connectivity index (χ0) is 19.3. The van der Waals surface area contributed by atoms with Crippen LogP contribution >= 0.6 is 0 Å². The topological polar surface area (TPSA) is 87.4 Å². The first kappa shape index (κ1) is 18.8. The van der Waals surface area contributed by atoms with E-state index < -0.39 is 5.60 Å². The lowest BCUT2D eigenvalue weighted by Gasteiger charge is -2.23. The van der Waals surface area contributed by atoms with Gasteiger partial charge in [-0.1, -0.05) is 24.3 Å². The van der Waals surface area contributed by atoms with Gasteiger partial charge in [0.15, 0.2) is 5.96 Å². The molecule has 3 N–H and O–H groups in total. The summed E-state index contributed by atoms with van der Waals surface area (Å²) in [6, 6.07) is 10.1. The van der Waals surface area contributed by atoms with Crippen molar-refractivity contribution in [2.45, 2.75) is 26.0 Å². The first-order chi connectivity index (χ1) is 13.0. The zero-order valence-electron chi connectivity index (χ0n) is 16.0. The summed E-state index contributed by atoms with van der Waals surface area (Å²) in [4.78, 5) is 9.13. The van der Waals surface area contributed by atoms with Crippen LogP contribution in [0.4, 0.5) is 0 Å². The molecule has 0 aliphatic carbocycles. The van der Waals surface area contributed by atoms with Crippen molar-refractivity contribution < 1.29 is 5.11 Å². The van der Waals surface area contributed by atoms with Crippen molar-refractivity contribution in [1.82, 2.24) is 25.4 Å². The highest BCUT2D eigenvalue weighted by Gasteiger charge is 2.25. The summed E-state index contributed by atoms with van der Waals surface area (Å²) in [7, 11) is 1.83. The van der Waals surface area contributed by atoms with E-state index in [1.807, 2.05) is 50.5 Å². The first-order valence-electron chi connectivity index (χ1n) is 9.06.